The molecule has 0 radical (unpaired) electrons. The van der Waals surface area contributed by atoms with Crippen molar-refractivity contribution in [2.24, 2.45) is 0 Å². The van der Waals surface area contributed by atoms with Gasteiger partial charge in [-0.05, 0) is 49.2 Å². The lowest BCUT2D eigenvalue weighted by Crippen LogP contribution is -2.35. The number of carbonyl (C=O) groups excluding carboxylic acids is 3. The summed E-state index contributed by atoms with van der Waals surface area (Å²) in [4.78, 5) is 36.2. The molecule has 5 rings (SSSR count). The Kier molecular flexibility index (Phi) is 14.1. The quantitative estimate of drug-likeness (QED) is 0.135. The lowest BCUT2D eigenvalue weighted by atomic mass is 10.1. The Labute approximate surface area is 279 Å². The van der Waals surface area contributed by atoms with E-state index in [-0.39, 0.29) is 17.0 Å². The van der Waals surface area contributed by atoms with Gasteiger partial charge in [-0.3, -0.25) is 0 Å². The molecule has 242 valence electrons. The van der Waals surface area contributed by atoms with Gasteiger partial charge in [0.2, 0.25) is 12.5 Å². The first kappa shape index (κ1) is 36.3. The largest absolute Gasteiger partial charge is 0.453 e. The van der Waals surface area contributed by atoms with Gasteiger partial charge in [-0.2, -0.15) is 0 Å². The fraction of sp³-hybridized carbons (Fsp3) is 0.364. The van der Waals surface area contributed by atoms with Crippen LogP contribution in [0.1, 0.15) is 57.8 Å². The van der Waals surface area contributed by atoms with Crippen LogP contribution in [0.4, 0.5) is 8.78 Å². The predicted molar refractivity (Wildman–Crippen MR) is 170 cm³/mol. The molecule has 0 N–H and O–H groups in total. The van der Waals surface area contributed by atoms with Gasteiger partial charge in [-0.15, -0.1) is 17.0 Å². The monoisotopic (exact) mass is 754 g/mol. The maximum Gasteiger partial charge on any atom is 0.340 e. The highest BCUT2D eigenvalue weighted by atomic mass is 79.9. The molecule has 8 atom stereocenters. The van der Waals surface area contributed by atoms with Gasteiger partial charge in [-0.25, -0.2) is 23.2 Å². The normalized spacial score (nSPS) is 26.9. The Morgan fingerprint density at radius 2 is 0.978 bits per heavy atom. The second-order valence-electron chi connectivity index (χ2n) is 10.0. The summed E-state index contributed by atoms with van der Waals surface area (Å²) in [7, 11) is 0. The highest BCUT2D eigenvalue weighted by molar-refractivity contribution is 9.09. The molecule has 0 spiro atoms. The third kappa shape index (κ3) is 9.41. The van der Waals surface area contributed by atoms with Gasteiger partial charge in [0.25, 0.3) is 0 Å². The molecule has 0 aliphatic carbocycles. The summed E-state index contributed by atoms with van der Waals surface area (Å²) in [6.07, 6.45) is -6.61. The minimum absolute atomic E-state index is 0. The van der Waals surface area contributed by atoms with Crippen LogP contribution in [-0.4, -0.2) is 66.0 Å². The molecule has 3 aromatic rings. The van der Waals surface area contributed by atoms with Crippen LogP contribution in [-0.2, 0) is 23.7 Å². The van der Waals surface area contributed by atoms with E-state index in [4.69, 9.17) is 23.7 Å². The molecule has 0 saturated carbocycles. The highest BCUT2D eigenvalue weighted by Gasteiger charge is 2.49. The maximum atomic E-state index is 14.8. The maximum absolute atomic E-state index is 14.8. The van der Waals surface area contributed by atoms with E-state index in [2.05, 4.69) is 15.9 Å². The Morgan fingerprint density at radius 1 is 0.622 bits per heavy atom. The molecule has 3 aromatic carbocycles. The number of benzene rings is 3. The minimum atomic E-state index is -1.76. The van der Waals surface area contributed by atoms with Crippen LogP contribution in [0.15, 0.2) is 91.0 Å². The lowest BCUT2D eigenvalue weighted by molar-refractivity contribution is -0.121. The van der Waals surface area contributed by atoms with Crippen molar-refractivity contribution in [3.8, 4) is 0 Å². The van der Waals surface area contributed by atoms with Gasteiger partial charge in [0.15, 0.2) is 18.4 Å². The Hall–Kier alpha value is -3.19. The van der Waals surface area contributed by atoms with Gasteiger partial charge < -0.3 is 23.7 Å². The van der Waals surface area contributed by atoms with Gasteiger partial charge in [-0.1, -0.05) is 84.4 Å². The van der Waals surface area contributed by atoms with Crippen molar-refractivity contribution < 1.29 is 46.8 Å². The average molecular weight is 756 g/mol. The van der Waals surface area contributed by atoms with Gasteiger partial charge in [0.05, 0.1) is 22.8 Å². The van der Waals surface area contributed by atoms with E-state index in [0.717, 1.165) is 0 Å². The van der Waals surface area contributed by atoms with Crippen molar-refractivity contribution in [1.29, 1.82) is 0 Å². The zero-order chi connectivity index (χ0) is 31.6. The average Bonchev–Trinajstić information content (AvgIpc) is 3.51. The van der Waals surface area contributed by atoms with E-state index < -0.39 is 66.0 Å². The number of alkyl halides is 3. The highest BCUT2D eigenvalue weighted by Crippen LogP contribution is 2.32. The zero-order valence-electron chi connectivity index (χ0n) is 24.5. The molecule has 8 nitrogen and oxygen atoms in total. The Morgan fingerprint density at radius 3 is 1.38 bits per heavy atom. The van der Waals surface area contributed by atoms with Crippen LogP contribution < -0.4 is 0 Å². The SMILES string of the molecule is Br.CC[C@H]1O[C@@H](OC(=O)c2ccccc2)[C@H](F)C1OC(=O)c1ccccc1.CC[C@H]1O[C@H](Br)[C@H](F)C1OC(=O)c1ccccc1. The third-order valence-electron chi connectivity index (χ3n) is 7.03. The van der Waals surface area contributed by atoms with Crippen molar-refractivity contribution >= 4 is 50.8 Å². The summed E-state index contributed by atoms with van der Waals surface area (Å²) < 4.78 is 55.1. The topological polar surface area (TPSA) is 97.4 Å². The number of esters is 3. The van der Waals surface area contributed by atoms with Crippen LogP contribution in [0.2, 0.25) is 0 Å². The second kappa shape index (κ2) is 17.5. The van der Waals surface area contributed by atoms with E-state index in [0.29, 0.717) is 29.5 Å². The number of hydrogen-bond donors (Lipinski definition) is 0. The third-order valence-corrected chi connectivity index (χ3v) is 7.75. The second-order valence-corrected chi connectivity index (χ2v) is 10.9. The number of carbonyl (C=O) groups is 3. The molecule has 2 heterocycles. The first-order valence-corrected chi connectivity index (χ1v) is 15.2. The fourth-order valence-electron chi connectivity index (χ4n) is 4.67. The van der Waals surface area contributed by atoms with Crippen LogP contribution in [0.25, 0.3) is 0 Å². The van der Waals surface area contributed by atoms with Crippen molar-refractivity contribution in [3.05, 3.63) is 108 Å². The summed E-state index contributed by atoms with van der Waals surface area (Å²) in [5.74, 6) is -1.86. The molecule has 2 aliphatic rings. The lowest BCUT2D eigenvalue weighted by Gasteiger charge is -2.18. The van der Waals surface area contributed by atoms with E-state index in [9.17, 15) is 23.2 Å². The van der Waals surface area contributed by atoms with E-state index in [1.54, 1.807) is 97.9 Å². The fourth-order valence-corrected chi connectivity index (χ4v) is 5.25. The van der Waals surface area contributed by atoms with Crippen LogP contribution in [0.3, 0.4) is 0 Å². The number of rotatable bonds is 8. The molecule has 0 amide bonds. The number of halogens is 4. The van der Waals surface area contributed by atoms with Crippen molar-refractivity contribution in [3.63, 3.8) is 0 Å². The summed E-state index contributed by atoms with van der Waals surface area (Å²) in [6, 6.07) is 25.1. The molecule has 2 unspecified atom stereocenters. The van der Waals surface area contributed by atoms with Crippen molar-refractivity contribution in [2.45, 2.75) is 74.8 Å². The molecule has 12 heteroatoms. The van der Waals surface area contributed by atoms with Gasteiger partial charge in [0.1, 0.15) is 11.1 Å². The predicted octanol–water partition coefficient (Wildman–Crippen LogP) is 7.20. The Balaban J connectivity index is 0.000000256. The first-order valence-electron chi connectivity index (χ1n) is 14.2. The van der Waals surface area contributed by atoms with Crippen LogP contribution >= 0.6 is 32.9 Å². The summed E-state index contributed by atoms with van der Waals surface area (Å²) in [5, 5.41) is -0.712. The molecule has 0 aromatic heterocycles. The molecular weight excluding hydrogens is 722 g/mol. The first-order chi connectivity index (χ1) is 21.2. The smallest absolute Gasteiger partial charge is 0.340 e. The molecule has 45 heavy (non-hydrogen) atoms. The molecule has 2 saturated heterocycles. The van der Waals surface area contributed by atoms with E-state index >= 15 is 0 Å². The molecule has 2 fully saturated rings. The zero-order valence-corrected chi connectivity index (χ0v) is 27.8. The number of hydrogen-bond acceptors (Lipinski definition) is 8. The number of ether oxygens (including phenoxy) is 5. The van der Waals surface area contributed by atoms with Crippen LogP contribution in [0, 0.1) is 0 Å². The van der Waals surface area contributed by atoms with Crippen molar-refractivity contribution in [1.82, 2.24) is 0 Å². The summed E-state index contributed by atoms with van der Waals surface area (Å²) in [6.45, 7) is 3.65. The molecule has 2 aliphatic heterocycles. The Bertz CT molecular complexity index is 1370. The van der Waals surface area contributed by atoms with E-state index in [1.807, 2.05) is 6.92 Å². The summed E-state index contributed by atoms with van der Waals surface area (Å²) >= 11 is 3.08. The van der Waals surface area contributed by atoms with Crippen LogP contribution in [0.5, 0.6) is 0 Å². The van der Waals surface area contributed by atoms with E-state index in [1.165, 1.54) is 0 Å². The van der Waals surface area contributed by atoms with Gasteiger partial charge >= 0.3 is 17.9 Å². The molecular formula is C33H34Br2F2O8. The van der Waals surface area contributed by atoms with Gasteiger partial charge in [0, 0.05) is 0 Å². The summed E-state index contributed by atoms with van der Waals surface area (Å²) in [5.41, 5.74) is 1.03. The van der Waals surface area contributed by atoms with Crippen molar-refractivity contribution in [2.75, 3.05) is 0 Å². The minimum Gasteiger partial charge on any atom is -0.453 e. The standard InChI is InChI=1S/C20H19FO5.C13H14BrFO3.BrH/c1-2-15-17(25-18(22)13-9-5-3-6-10-13)16(21)20(24-15)26-19(23)14-11-7-4-8-12-14;1-2-9-11(10(15)12(14)17-9)18-13(16)8-6-4-3-5-7-8;/h3-12,15-17,20H,2H2,1H3;3-7,9-12H,2H2,1H3;1H/t15-,16-,17?,20+;9-,10-,11?,12+;/m11./s1. The molecule has 0 bridgehead atoms.